The first kappa shape index (κ1) is 12.2. The van der Waals surface area contributed by atoms with E-state index in [4.69, 9.17) is 4.74 Å². The van der Waals surface area contributed by atoms with Gasteiger partial charge in [-0.1, -0.05) is 36.9 Å². The van der Waals surface area contributed by atoms with Gasteiger partial charge < -0.3 is 4.74 Å². The maximum atomic E-state index is 11.2. The third-order valence-electron chi connectivity index (χ3n) is 2.05. The maximum Gasteiger partial charge on any atom is 0.306 e. The maximum absolute atomic E-state index is 11.2. The van der Waals surface area contributed by atoms with Crippen LogP contribution >= 0.6 is 0 Å². The fraction of sp³-hybridized carbons (Fsp3) is 0.231. The molecule has 1 rings (SSSR count). The van der Waals surface area contributed by atoms with Crippen molar-refractivity contribution in [3.63, 3.8) is 0 Å². The van der Waals surface area contributed by atoms with E-state index >= 15 is 0 Å². The highest BCUT2D eigenvalue weighted by atomic mass is 16.5. The first-order valence-electron chi connectivity index (χ1n) is 5.07. The zero-order chi connectivity index (χ0) is 11.8. The standard InChI is InChI=1S/C13H14O3/c1-2-12(14)8-9-13(15)16-10-11-6-4-3-5-7-11/h2-7H,1,8-10H2. The van der Waals surface area contributed by atoms with Gasteiger partial charge in [0.1, 0.15) is 6.61 Å². The van der Waals surface area contributed by atoms with Crippen LogP contribution in [0.1, 0.15) is 18.4 Å². The molecular weight excluding hydrogens is 204 g/mol. The third-order valence-corrected chi connectivity index (χ3v) is 2.05. The summed E-state index contributed by atoms with van der Waals surface area (Å²) < 4.78 is 5.00. The van der Waals surface area contributed by atoms with Crippen molar-refractivity contribution >= 4 is 11.8 Å². The second-order valence-electron chi connectivity index (χ2n) is 3.32. The molecule has 0 heterocycles. The zero-order valence-corrected chi connectivity index (χ0v) is 9.02. The van der Waals surface area contributed by atoms with Crippen molar-refractivity contribution in [1.82, 2.24) is 0 Å². The minimum Gasteiger partial charge on any atom is -0.461 e. The molecule has 0 saturated carbocycles. The van der Waals surface area contributed by atoms with E-state index in [2.05, 4.69) is 6.58 Å². The molecule has 1 aromatic rings. The van der Waals surface area contributed by atoms with E-state index in [9.17, 15) is 9.59 Å². The highest BCUT2D eigenvalue weighted by Crippen LogP contribution is 2.02. The highest BCUT2D eigenvalue weighted by molar-refractivity contribution is 5.91. The summed E-state index contributed by atoms with van der Waals surface area (Å²) in [7, 11) is 0. The van der Waals surface area contributed by atoms with E-state index in [1.807, 2.05) is 30.3 Å². The molecule has 0 unspecified atom stereocenters. The van der Waals surface area contributed by atoms with E-state index in [-0.39, 0.29) is 31.2 Å². The first-order valence-corrected chi connectivity index (χ1v) is 5.07. The molecule has 0 radical (unpaired) electrons. The fourth-order valence-corrected chi connectivity index (χ4v) is 1.14. The summed E-state index contributed by atoms with van der Waals surface area (Å²) in [5.41, 5.74) is 0.936. The molecule has 0 saturated heterocycles. The topological polar surface area (TPSA) is 43.4 Å². The average molecular weight is 218 g/mol. The molecule has 84 valence electrons. The van der Waals surface area contributed by atoms with Crippen LogP contribution in [0.4, 0.5) is 0 Å². The number of ether oxygens (including phenoxy) is 1. The molecule has 0 fully saturated rings. The van der Waals surface area contributed by atoms with Crippen molar-refractivity contribution in [2.75, 3.05) is 0 Å². The Morgan fingerprint density at radius 3 is 2.50 bits per heavy atom. The summed E-state index contributed by atoms with van der Waals surface area (Å²) in [4.78, 5) is 22.1. The fourth-order valence-electron chi connectivity index (χ4n) is 1.14. The number of ketones is 1. The Morgan fingerprint density at radius 2 is 1.88 bits per heavy atom. The molecule has 0 atom stereocenters. The van der Waals surface area contributed by atoms with E-state index in [1.54, 1.807) is 0 Å². The van der Waals surface area contributed by atoms with E-state index in [1.165, 1.54) is 6.08 Å². The molecule has 16 heavy (non-hydrogen) atoms. The smallest absolute Gasteiger partial charge is 0.306 e. The highest BCUT2D eigenvalue weighted by Gasteiger charge is 2.05. The van der Waals surface area contributed by atoms with Gasteiger partial charge in [-0.15, -0.1) is 0 Å². The lowest BCUT2D eigenvalue weighted by atomic mass is 10.2. The van der Waals surface area contributed by atoms with Gasteiger partial charge in [-0.2, -0.15) is 0 Å². The largest absolute Gasteiger partial charge is 0.461 e. The molecular formula is C13H14O3. The summed E-state index contributed by atoms with van der Waals surface area (Å²) >= 11 is 0. The number of benzene rings is 1. The summed E-state index contributed by atoms with van der Waals surface area (Å²) in [6.45, 7) is 3.58. The molecule has 0 aromatic heterocycles. The number of rotatable bonds is 6. The van der Waals surface area contributed by atoms with Gasteiger partial charge in [0.2, 0.25) is 0 Å². The van der Waals surface area contributed by atoms with E-state index in [0.717, 1.165) is 5.56 Å². The van der Waals surface area contributed by atoms with E-state index in [0.29, 0.717) is 0 Å². The van der Waals surface area contributed by atoms with Crippen LogP contribution in [0.3, 0.4) is 0 Å². The predicted octanol–water partition coefficient (Wildman–Crippen LogP) is 2.27. The van der Waals surface area contributed by atoms with Crippen LogP contribution in [0.5, 0.6) is 0 Å². The molecule has 1 aromatic carbocycles. The van der Waals surface area contributed by atoms with Gasteiger partial charge in [0.05, 0.1) is 6.42 Å². The van der Waals surface area contributed by atoms with Crippen LogP contribution in [0, 0.1) is 0 Å². The van der Waals surface area contributed by atoms with Crippen LogP contribution < -0.4 is 0 Å². The van der Waals surface area contributed by atoms with Crippen molar-refractivity contribution in [2.24, 2.45) is 0 Å². The van der Waals surface area contributed by atoms with Gasteiger partial charge in [0, 0.05) is 6.42 Å². The number of carbonyl (C=O) groups is 2. The van der Waals surface area contributed by atoms with Crippen LogP contribution in [-0.4, -0.2) is 11.8 Å². The Hall–Kier alpha value is -1.90. The van der Waals surface area contributed by atoms with Crippen molar-refractivity contribution in [3.05, 3.63) is 48.6 Å². The van der Waals surface area contributed by atoms with E-state index < -0.39 is 0 Å². The number of hydrogen-bond acceptors (Lipinski definition) is 3. The summed E-state index contributed by atoms with van der Waals surface area (Å²) in [5.74, 6) is -0.504. The average Bonchev–Trinajstić information content (AvgIpc) is 2.34. The van der Waals surface area contributed by atoms with Gasteiger partial charge in [-0.05, 0) is 11.6 Å². The Bertz CT molecular complexity index is 368. The predicted molar refractivity (Wildman–Crippen MR) is 60.7 cm³/mol. The normalized spacial score (nSPS) is 9.50. The quantitative estimate of drug-likeness (QED) is 0.543. The van der Waals surface area contributed by atoms with Crippen molar-refractivity contribution in [1.29, 1.82) is 0 Å². The SMILES string of the molecule is C=CC(=O)CCC(=O)OCc1ccccc1. The monoisotopic (exact) mass is 218 g/mol. The minimum atomic E-state index is -0.362. The molecule has 3 heteroatoms. The van der Waals surface area contributed by atoms with Crippen molar-refractivity contribution in [2.45, 2.75) is 19.4 Å². The summed E-state index contributed by atoms with van der Waals surface area (Å²) in [5, 5.41) is 0. The Balaban J connectivity index is 2.25. The molecule has 0 aliphatic rings. The lowest BCUT2D eigenvalue weighted by molar-refractivity contribution is -0.145. The molecule has 0 bridgehead atoms. The second kappa shape index (κ2) is 6.56. The van der Waals surface area contributed by atoms with Crippen LogP contribution in [-0.2, 0) is 20.9 Å². The molecule has 3 nitrogen and oxygen atoms in total. The first-order chi connectivity index (χ1) is 7.72. The molecule has 0 amide bonds. The second-order valence-corrected chi connectivity index (χ2v) is 3.32. The van der Waals surface area contributed by atoms with Crippen LogP contribution in [0.25, 0.3) is 0 Å². The number of carbonyl (C=O) groups excluding carboxylic acids is 2. The summed E-state index contributed by atoms with van der Waals surface area (Å²) in [6.07, 6.45) is 1.49. The molecule has 0 aliphatic carbocycles. The number of allylic oxidation sites excluding steroid dienone is 1. The van der Waals surface area contributed by atoms with Gasteiger partial charge >= 0.3 is 5.97 Å². The number of hydrogen-bond donors (Lipinski definition) is 0. The Kier molecular flexibility index (Phi) is 4.99. The zero-order valence-electron chi connectivity index (χ0n) is 9.02. The lowest BCUT2D eigenvalue weighted by Crippen LogP contribution is -2.06. The Morgan fingerprint density at radius 1 is 1.19 bits per heavy atom. The van der Waals surface area contributed by atoms with Gasteiger partial charge in [0.15, 0.2) is 5.78 Å². The van der Waals surface area contributed by atoms with Crippen molar-refractivity contribution < 1.29 is 14.3 Å². The molecule has 0 aliphatic heterocycles. The third kappa shape index (κ3) is 4.55. The number of esters is 1. The lowest BCUT2D eigenvalue weighted by Gasteiger charge is -2.03. The summed E-state index contributed by atoms with van der Waals surface area (Å²) in [6, 6.07) is 9.41. The van der Waals surface area contributed by atoms with Crippen molar-refractivity contribution in [3.8, 4) is 0 Å². The van der Waals surface area contributed by atoms with Crippen LogP contribution in [0.15, 0.2) is 43.0 Å². The van der Waals surface area contributed by atoms with Gasteiger partial charge in [-0.3, -0.25) is 9.59 Å². The van der Waals surface area contributed by atoms with Gasteiger partial charge in [-0.25, -0.2) is 0 Å². The minimum absolute atomic E-state index is 0.109. The van der Waals surface area contributed by atoms with Gasteiger partial charge in [0.25, 0.3) is 0 Å². The molecule has 0 N–H and O–H groups in total. The molecule has 0 spiro atoms. The Labute approximate surface area is 94.7 Å². The van der Waals surface area contributed by atoms with Crippen LogP contribution in [0.2, 0.25) is 0 Å².